The fraction of sp³-hybridized carbons (Fsp3) is 0.231. The molecule has 96 valence electrons. The van der Waals surface area contributed by atoms with E-state index in [4.69, 9.17) is 38.5 Å². The van der Waals surface area contributed by atoms with Crippen molar-refractivity contribution >= 4 is 23.2 Å². The van der Waals surface area contributed by atoms with Crippen LogP contribution in [0.3, 0.4) is 0 Å². The lowest BCUT2D eigenvalue weighted by molar-refractivity contribution is 0.269. The molecule has 3 nitrogen and oxygen atoms in total. The van der Waals surface area contributed by atoms with Gasteiger partial charge in [-0.25, -0.2) is 0 Å². The average molecular weight is 286 g/mol. The second-order valence-corrected chi connectivity index (χ2v) is 4.79. The zero-order valence-corrected chi connectivity index (χ0v) is 11.1. The van der Waals surface area contributed by atoms with E-state index >= 15 is 0 Å². The van der Waals surface area contributed by atoms with Gasteiger partial charge in [0.25, 0.3) is 0 Å². The number of nitrogens with two attached hydrogens (primary N) is 1. The van der Waals surface area contributed by atoms with Crippen molar-refractivity contribution in [3.05, 3.63) is 46.1 Å². The highest BCUT2D eigenvalue weighted by molar-refractivity contribution is 6.35. The molecule has 0 amide bonds. The molecule has 1 aromatic heterocycles. The van der Waals surface area contributed by atoms with Gasteiger partial charge in [-0.2, -0.15) is 0 Å². The normalized spacial score (nSPS) is 12.7. The molecule has 5 heteroatoms. The van der Waals surface area contributed by atoms with Gasteiger partial charge in [0.1, 0.15) is 11.5 Å². The van der Waals surface area contributed by atoms with Gasteiger partial charge < -0.3 is 15.3 Å². The summed E-state index contributed by atoms with van der Waals surface area (Å²) < 4.78 is 5.64. The van der Waals surface area contributed by atoms with Crippen LogP contribution in [-0.2, 0) is 0 Å². The van der Waals surface area contributed by atoms with Crippen LogP contribution in [0.15, 0.2) is 34.7 Å². The maximum Gasteiger partial charge on any atom is 0.135 e. The van der Waals surface area contributed by atoms with E-state index in [9.17, 15) is 0 Å². The summed E-state index contributed by atoms with van der Waals surface area (Å²) in [6.45, 7) is 0.0229. The molecule has 0 saturated heterocycles. The molecule has 0 bridgehead atoms. The van der Waals surface area contributed by atoms with Crippen LogP contribution in [-0.4, -0.2) is 11.7 Å². The molecule has 1 atom stereocenters. The van der Waals surface area contributed by atoms with Gasteiger partial charge in [-0.3, -0.25) is 0 Å². The van der Waals surface area contributed by atoms with Gasteiger partial charge in [-0.05, 0) is 36.8 Å². The third-order valence-electron chi connectivity index (χ3n) is 2.63. The van der Waals surface area contributed by atoms with E-state index in [0.29, 0.717) is 28.0 Å². The minimum absolute atomic E-state index is 0.0229. The summed E-state index contributed by atoms with van der Waals surface area (Å²) in [6, 6.07) is 8.44. The van der Waals surface area contributed by atoms with Crippen LogP contribution in [0.2, 0.25) is 10.0 Å². The zero-order chi connectivity index (χ0) is 13.1. The standard InChI is InChI=1S/C13H13Cl2NO2/c14-8-1-2-10(15)9(7-8)12-3-4-13(18-12)11(16)5-6-17/h1-4,7,11,17H,5-6,16H2. The second-order valence-electron chi connectivity index (χ2n) is 3.94. The fourth-order valence-electron chi connectivity index (χ4n) is 1.66. The molecule has 0 aliphatic rings. The number of hydrogen-bond acceptors (Lipinski definition) is 3. The summed E-state index contributed by atoms with van der Waals surface area (Å²) in [5, 5.41) is 10.00. The van der Waals surface area contributed by atoms with E-state index in [1.165, 1.54) is 0 Å². The Kier molecular flexibility index (Phi) is 4.30. The van der Waals surface area contributed by atoms with Gasteiger partial charge in [-0.1, -0.05) is 23.2 Å². The Morgan fingerprint density at radius 3 is 2.72 bits per heavy atom. The summed E-state index contributed by atoms with van der Waals surface area (Å²) in [5.74, 6) is 1.24. The first-order valence-electron chi connectivity index (χ1n) is 5.53. The molecule has 0 radical (unpaired) electrons. The first kappa shape index (κ1) is 13.4. The van der Waals surface area contributed by atoms with Crippen molar-refractivity contribution in [2.45, 2.75) is 12.5 Å². The maximum absolute atomic E-state index is 8.84. The van der Waals surface area contributed by atoms with E-state index < -0.39 is 0 Å². The van der Waals surface area contributed by atoms with Crippen LogP contribution in [0.4, 0.5) is 0 Å². The number of hydrogen-bond donors (Lipinski definition) is 2. The molecule has 1 aromatic carbocycles. The SMILES string of the molecule is NC(CCO)c1ccc(-c2cc(Cl)ccc2Cl)o1. The summed E-state index contributed by atoms with van der Waals surface area (Å²) >= 11 is 12.0. The minimum atomic E-state index is -0.318. The monoisotopic (exact) mass is 285 g/mol. The summed E-state index contributed by atoms with van der Waals surface area (Å²) in [4.78, 5) is 0. The molecule has 0 spiro atoms. The summed E-state index contributed by atoms with van der Waals surface area (Å²) in [7, 11) is 0. The highest BCUT2D eigenvalue weighted by Gasteiger charge is 2.13. The zero-order valence-electron chi connectivity index (χ0n) is 9.57. The van der Waals surface area contributed by atoms with Crippen LogP contribution in [0.25, 0.3) is 11.3 Å². The molecule has 0 aliphatic carbocycles. The van der Waals surface area contributed by atoms with Crippen LogP contribution < -0.4 is 5.73 Å². The number of furan rings is 1. The van der Waals surface area contributed by atoms with Gasteiger partial charge in [0.2, 0.25) is 0 Å². The average Bonchev–Trinajstić information content (AvgIpc) is 2.82. The minimum Gasteiger partial charge on any atom is -0.459 e. The lowest BCUT2D eigenvalue weighted by Gasteiger charge is -2.06. The topological polar surface area (TPSA) is 59.4 Å². The van der Waals surface area contributed by atoms with Crippen molar-refractivity contribution < 1.29 is 9.52 Å². The van der Waals surface area contributed by atoms with E-state index in [2.05, 4.69) is 0 Å². The number of halogens is 2. The molecule has 2 aromatic rings. The van der Waals surface area contributed by atoms with Crippen molar-refractivity contribution in [3.8, 4) is 11.3 Å². The smallest absolute Gasteiger partial charge is 0.135 e. The molecule has 3 N–H and O–H groups in total. The third-order valence-corrected chi connectivity index (χ3v) is 3.19. The molecular weight excluding hydrogens is 273 g/mol. The Hall–Kier alpha value is -1.00. The lowest BCUT2D eigenvalue weighted by Crippen LogP contribution is -2.10. The van der Waals surface area contributed by atoms with Crippen molar-refractivity contribution in [1.82, 2.24) is 0 Å². The van der Waals surface area contributed by atoms with Crippen molar-refractivity contribution in [2.24, 2.45) is 5.73 Å². The van der Waals surface area contributed by atoms with Crippen LogP contribution >= 0.6 is 23.2 Å². The van der Waals surface area contributed by atoms with Gasteiger partial charge in [0.15, 0.2) is 0 Å². The molecule has 2 rings (SSSR count). The largest absolute Gasteiger partial charge is 0.459 e. The maximum atomic E-state index is 8.84. The van der Waals surface area contributed by atoms with E-state index in [1.807, 2.05) is 0 Å². The Balaban J connectivity index is 2.32. The Labute approximate surface area is 115 Å². The van der Waals surface area contributed by atoms with Crippen LogP contribution in [0, 0.1) is 0 Å². The molecule has 18 heavy (non-hydrogen) atoms. The molecule has 1 heterocycles. The first-order valence-corrected chi connectivity index (χ1v) is 6.29. The number of aliphatic hydroxyl groups excluding tert-OH is 1. The predicted molar refractivity (Wildman–Crippen MR) is 72.8 cm³/mol. The Morgan fingerprint density at radius 2 is 2.00 bits per heavy atom. The summed E-state index contributed by atoms with van der Waals surface area (Å²) in [6.07, 6.45) is 0.455. The highest BCUT2D eigenvalue weighted by atomic mass is 35.5. The first-order chi connectivity index (χ1) is 8.61. The number of rotatable bonds is 4. The van der Waals surface area contributed by atoms with Crippen LogP contribution in [0.5, 0.6) is 0 Å². The summed E-state index contributed by atoms with van der Waals surface area (Å²) in [5.41, 5.74) is 6.58. The van der Waals surface area contributed by atoms with E-state index in [0.717, 1.165) is 5.56 Å². The van der Waals surface area contributed by atoms with Gasteiger partial charge in [-0.15, -0.1) is 0 Å². The molecule has 0 aliphatic heterocycles. The van der Waals surface area contributed by atoms with Gasteiger partial charge in [0, 0.05) is 17.2 Å². The highest BCUT2D eigenvalue weighted by Crippen LogP contribution is 2.33. The third kappa shape index (κ3) is 2.87. The molecular formula is C13H13Cl2NO2. The van der Waals surface area contributed by atoms with Gasteiger partial charge >= 0.3 is 0 Å². The van der Waals surface area contributed by atoms with Crippen molar-refractivity contribution in [3.63, 3.8) is 0 Å². The number of benzene rings is 1. The Bertz CT molecular complexity index is 540. The van der Waals surface area contributed by atoms with Crippen molar-refractivity contribution in [2.75, 3.05) is 6.61 Å². The van der Waals surface area contributed by atoms with E-state index in [1.54, 1.807) is 30.3 Å². The molecule has 0 saturated carbocycles. The quantitative estimate of drug-likeness (QED) is 0.902. The second kappa shape index (κ2) is 5.76. The Morgan fingerprint density at radius 1 is 1.22 bits per heavy atom. The van der Waals surface area contributed by atoms with E-state index in [-0.39, 0.29) is 12.6 Å². The molecule has 0 fully saturated rings. The lowest BCUT2D eigenvalue weighted by atomic mass is 10.1. The van der Waals surface area contributed by atoms with Crippen molar-refractivity contribution in [1.29, 1.82) is 0 Å². The number of aliphatic hydroxyl groups is 1. The van der Waals surface area contributed by atoms with Gasteiger partial charge in [0.05, 0.1) is 11.1 Å². The molecule has 1 unspecified atom stereocenters. The van der Waals surface area contributed by atoms with Crippen LogP contribution in [0.1, 0.15) is 18.2 Å². The predicted octanol–water partition coefficient (Wildman–Crippen LogP) is 3.64. The fourth-order valence-corrected chi connectivity index (χ4v) is 2.05.